The summed E-state index contributed by atoms with van der Waals surface area (Å²) in [5.74, 6) is 0.384. The predicted octanol–water partition coefficient (Wildman–Crippen LogP) is 3.14. The van der Waals surface area contributed by atoms with Gasteiger partial charge in [-0.15, -0.1) is 29.1 Å². The van der Waals surface area contributed by atoms with Crippen molar-refractivity contribution in [1.82, 2.24) is 0 Å². The fraction of sp³-hybridized carbons (Fsp3) is 0.0909. The van der Waals surface area contributed by atoms with Crippen molar-refractivity contribution in [2.45, 2.75) is 6.92 Å². The topological polar surface area (TPSA) is 50.7 Å². The molecule has 5 heteroatoms. The van der Waals surface area contributed by atoms with Crippen LogP contribution in [0.3, 0.4) is 0 Å². The van der Waals surface area contributed by atoms with Crippen LogP contribution >= 0.6 is 35.6 Å². The van der Waals surface area contributed by atoms with E-state index in [1.54, 1.807) is 6.21 Å². The van der Waals surface area contributed by atoms with Gasteiger partial charge in [-0.1, -0.05) is 41.9 Å². The first kappa shape index (κ1) is 15.1. The van der Waals surface area contributed by atoms with Gasteiger partial charge in [-0.05, 0) is 12.5 Å². The number of rotatable bonds is 3. The van der Waals surface area contributed by atoms with E-state index in [4.69, 9.17) is 17.3 Å². The van der Waals surface area contributed by atoms with E-state index in [-0.39, 0.29) is 24.0 Å². The third-order valence-corrected chi connectivity index (χ3v) is 2.01. The van der Waals surface area contributed by atoms with Gasteiger partial charge in [-0.3, -0.25) is 0 Å². The third-order valence-electron chi connectivity index (χ3n) is 1.67. The minimum absolute atomic E-state index is 0. The predicted molar refractivity (Wildman–Crippen MR) is 80.7 cm³/mol. The molecule has 1 aromatic carbocycles. The highest BCUT2D eigenvalue weighted by Crippen LogP contribution is 1.98. The molecule has 1 rings (SSSR count). The molecule has 0 bridgehead atoms. The molecule has 0 heterocycles. The monoisotopic (exact) mass is 349 g/mol. The molecule has 0 aliphatic heterocycles. The van der Waals surface area contributed by atoms with Crippen molar-refractivity contribution >= 4 is 47.6 Å². The largest absolute Gasteiger partial charge is 0.382 e. The number of hydrogen-bond donors (Lipinski definition) is 1. The average molecular weight is 350 g/mol. The number of amidine groups is 1. The molecule has 0 amide bonds. The zero-order chi connectivity index (χ0) is 11.1. The molecule has 86 valence electrons. The number of benzene rings is 1. The number of hydrogen-bond acceptors (Lipinski definition) is 2. The van der Waals surface area contributed by atoms with Gasteiger partial charge in [0.2, 0.25) is 0 Å². The third kappa shape index (κ3) is 5.27. The first-order valence-electron chi connectivity index (χ1n) is 4.43. The molecule has 0 unspecified atom stereocenters. The maximum absolute atomic E-state index is 5.71. The van der Waals surface area contributed by atoms with E-state index in [9.17, 15) is 0 Å². The highest BCUT2D eigenvalue weighted by molar-refractivity contribution is 14.0. The van der Waals surface area contributed by atoms with Crippen molar-refractivity contribution in [3.8, 4) is 0 Å². The fourth-order valence-corrected chi connectivity index (χ4v) is 0.933. The minimum Gasteiger partial charge on any atom is -0.382 e. The number of nitrogens with zero attached hydrogens (tertiary/aromatic N) is 2. The van der Waals surface area contributed by atoms with Crippen LogP contribution in [0.25, 0.3) is 0 Å². The SMILES string of the molecule is CC(C=N/N=C(\N)c1ccccc1)=CCl.I. The second-order valence-corrected chi connectivity index (χ2v) is 3.17. The first-order chi connectivity index (χ1) is 7.24. The van der Waals surface area contributed by atoms with Crippen LogP contribution in [0.1, 0.15) is 12.5 Å². The zero-order valence-corrected chi connectivity index (χ0v) is 11.9. The number of halogens is 2. The normalized spacial score (nSPS) is 12.6. The van der Waals surface area contributed by atoms with Crippen LogP contribution in [0.4, 0.5) is 0 Å². The Morgan fingerprint density at radius 2 is 1.94 bits per heavy atom. The van der Waals surface area contributed by atoms with E-state index < -0.39 is 0 Å². The highest BCUT2D eigenvalue weighted by atomic mass is 127. The molecule has 0 fully saturated rings. The second kappa shape index (κ2) is 8.29. The lowest BCUT2D eigenvalue weighted by Crippen LogP contribution is -2.12. The molecule has 0 aliphatic carbocycles. The maximum atomic E-state index is 5.71. The highest BCUT2D eigenvalue weighted by Gasteiger charge is 1.94. The molecule has 2 N–H and O–H groups in total. The lowest BCUT2D eigenvalue weighted by Gasteiger charge is -1.96. The molecule has 16 heavy (non-hydrogen) atoms. The Hall–Kier alpha value is -0.880. The minimum atomic E-state index is 0. The van der Waals surface area contributed by atoms with Gasteiger partial charge in [0.15, 0.2) is 5.84 Å². The molecular formula is C11H13ClIN3. The Kier molecular flexibility index (Phi) is 7.84. The summed E-state index contributed by atoms with van der Waals surface area (Å²) in [7, 11) is 0. The van der Waals surface area contributed by atoms with Crippen molar-refractivity contribution in [2.75, 3.05) is 0 Å². The fourth-order valence-electron chi connectivity index (χ4n) is 0.877. The van der Waals surface area contributed by atoms with Gasteiger partial charge in [0.25, 0.3) is 0 Å². The summed E-state index contributed by atoms with van der Waals surface area (Å²) in [6.07, 6.45) is 1.54. The molecule has 0 aromatic heterocycles. The van der Waals surface area contributed by atoms with Crippen LogP contribution in [-0.4, -0.2) is 12.1 Å². The van der Waals surface area contributed by atoms with Crippen molar-refractivity contribution < 1.29 is 0 Å². The van der Waals surface area contributed by atoms with Crippen LogP contribution in [0, 0.1) is 0 Å². The van der Waals surface area contributed by atoms with Crippen LogP contribution in [0.2, 0.25) is 0 Å². The Morgan fingerprint density at radius 1 is 1.31 bits per heavy atom. The van der Waals surface area contributed by atoms with Crippen molar-refractivity contribution in [3.05, 3.63) is 47.0 Å². The molecule has 0 atom stereocenters. The van der Waals surface area contributed by atoms with E-state index in [1.165, 1.54) is 5.54 Å². The number of nitrogens with two attached hydrogens (primary N) is 1. The van der Waals surface area contributed by atoms with E-state index >= 15 is 0 Å². The Labute approximate surface area is 117 Å². The molecule has 0 saturated carbocycles. The van der Waals surface area contributed by atoms with Gasteiger partial charge in [-0.2, -0.15) is 5.10 Å². The molecule has 3 nitrogen and oxygen atoms in total. The van der Waals surface area contributed by atoms with Crippen molar-refractivity contribution in [1.29, 1.82) is 0 Å². The van der Waals surface area contributed by atoms with Crippen LogP contribution in [0.5, 0.6) is 0 Å². The molecule has 0 spiro atoms. The second-order valence-electron chi connectivity index (χ2n) is 2.95. The van der Waals surface area contributed by atoms with Gasteiger partial charge in [0.05, 0.1) is 6.21 Å². The summed E-state index contributed by atoms with van der Waals surface area (Å²) in [6, 6.07) is 9.45. The summed E-state index contributed by atoms with van der Waals surface area (Å²) in [5.41, 5.74) is 8.80. The van der Waals surface area contributed by atoms with Crippen molar-refractivity contribution in [3.63, 3.8) is 0 Å². The Morgan fingerprint density at radius 3 is 2.50 bits per heavy atom. The van der Waals surface area contributed by atoms with Crippen molar-refractivity contribution in [2.24, 2.45) is 15.9 Å². The summed E-state index contributed by atoms with van der Waals surface area (Å²) in [5, 5.41) is 7.65. The lowest BCUT2D eigenvalue weighted by atomic mass is 10.2. The van der Waals surface area contributed by atoms with Crippen LogP contribution in [0.15, 0.2) is 51.6 Å². The van der Waals surface area contributed by atoms with Gasteiger partial charge in [-0.25, -0.2) is 0 Å². The van der Waals surface area contributed by atoms with Gasteiger partial charge in [0, 0.05) is 11.1 Å². The lowest BCUT2D eigenvalue weighted by molar-refractivity contribution is 1.23. The van der Waals surface area contributed by atoms with Gasteiger partial charge in [0.1, 0.15) is 0 Å². The zero-order valence-electron chi connectivity index (χ0n) is 8.80. The number of allylic oxidation sites excluding steroid dienone is 1. The van der Waals surface area contributed by atoms with E-state index in [1.807, 2.05) is 37.3 Å². The molecule has 0 radical (unpaired) electrons. The summed E-state index contributed by atoms with van der Waals surface area (Å²) in [4.78, 5) is 0. The molecule has 0 aliphatic rings. The summed E-state index contributed by atoms with van der Waals surface area (Å²) >= 11 is 5.45. The summed E-state index contributed by atoms with van der Waals surface area (Å²) < 4.78 is 0. The van der Waals surface area contributed by atoms with Crippen LogP contribution in [-0.2, 0) is 0 Å². The molecule has 1 aromatic rings. The first-order valence-corrected chi connectivity index (χ1v) is 4.86. The van der Waals surface area contributed by atoms with E-state index in [0.717, 1.165) is 11.1 Å². The van der Waals surface area contributed by atoms with Gasteiger partial charge < -0.3 is 5.73 Å². The molecular weight excluding hydrogens is 336 g/mol. The Bertz CT molecular complexity index is 399. The van der Waals surface area contributed by atoms with Crippen LogP contribution < -0.4 is 5.73 Å². The van der Waals surface area contributed by atoms with E-state index in [0.29, 0.717) is 5.84 Å². The Balaban J connectivity index is 0.00000225. The average Bonchev–Trinajstić information content (AvgIpc) is 2.29. The summed E-state index contributed by atoms with van der Waals surface area (Å²) in [6.45, 7) is 1.82. The van der Waals surface area contributed by atoms with Gasteiger partial charge >= 0.3 is 0 Å². The quantitative estimate of drug-likeness (QED) is 0.387. The van der Waals surface area contributed by atoms with E-state index in [2.05, 4.69) is 10.2 Å². The maximum Gasteiger partial charge on any atom is 0.153 e. The molecule has 0 saturated heterocycles. The standard InChI is InChI=1S/C11H12ClN3.HI/c1-9(7-12)8-14-15-11(13)10-5-3-2-4-6-10;/h2-8H,1H3,(H2,13,15);1H. The smallest absolute Gasteiger partial charge is 0.153 e.